The smallest absolute Gasteiger partial charge is 0.463 e. The predicted molar refractivity (Wildman–Crippen MR) is 146 cm³/mol. The van der Waals surface area contributed by atoms with E-state index >= 15 is 0 Å². The molecule has 18 heteroatoms. The van der Waals surface area contributed by atoms with Crippen LogP contribution in [0, 0.1) is 11.3 Å². The third-order valence-electron chi connectivity index (χ3n) is 6.74. The molecule has 4 heterocycles. The number of phosphoric acid groups is 1. The zero-order valence-electron chi connectivity index (χ0n) is 23.3. The minimum atomic E-state index is -4.14. The Bertz CT molecular complexity index is 1410. The van der Waals surface area contributed by atoms with Crippen LogP contribution in [0.25, 0.3) is 11.2 Å². The second-order valence-electron chi connectivity index (χ2n) is 11.0. The maximum Gasteiger partial charge on any atom is 0.475 e. The molecule has 0 bridgehead atoms. The highest BCUT2D eigenvalue weighted by molar-refractivity contribution is 8.13. The number of H-pyrrole nitrogens is 1. The third kappa shape index (κ3) is 6.51. The number of carbonyl (C=O) groups is 2. The Morgan fingerprint density at radius 3 is 2.80 bits per heavy atom. The van der Waals surface area contributed by atoms with E-state index in [1.165, 1.54) is 17.8 Å². The number of nitrogens with zero attached hydrogens (tertiary/aromatic N) is 3. The number of ether oxygens (including phenoxy) is 2. The summed E-state index contributed by atoms with van der Waals surface area (Å²) in [5, 5.41) is 11.1. The summed E-state index contributed by atoms with van der Waals surface area (Å²) in [4.78, 5) is 47.3. The fraction of sp³-hybridized carbons (Fsp3) is 0.696. The van der Waals surface area contributed by atoms with Crippen LogP contribution in [0.5, 0.6) is 0 Å². The average molecular weight is 619 g/mol. The van der Waals surface area contributed by atoms with Crippen molar-refractivity contribution in [1.82, 2.24) is 19.5 Å². The molecule has 0 radical (unpaired) electrons. The second-order valence-corrected chi connectivity index (χ2v) is 13.7. The summed E-state index contributed by atoms with van der Waals surface area (Å²) >= 11 is 0.910. The molecule has 4 rings (SSSR count). The first kappa shape index (κ1) is 31.6. The molecule has 0 spiro atoms. The number of nitrogen functional groups attached to an aromatic ring is 1. The average Bonchev–Trinajstić information content (AvgIpc) is 3.42. The van der Waals surface area contributed by atoms with Crippen molar-refractivity contribution >= 4 is 47.8 Å². The number of aromatic amines is 1. The number of anilines is 1. The zero-order chi connectivity index (χ0) is 30.3. The van der Waals surface area contributed by atoms with E-state index in [1.807, 2.05) is 0 Å². The fourth-order valence-electron chi connectivity index (χ4n) is 4.21. The fourth-order valence-corrected chi connectivity index (χ4v) is 6.61. The largest absolute Gasteiger partial charge is 0.475 e. The van der Waals surface area contributed by atoms with E-state index in [-0.39, 0.29) is 53.7 Å². The highest BCUT2D eigenvalue weighted by Gasteiger charge is 2.60. The van der Waals surface area contributed by atoms with Crippen molar-refractivity contribution < 1.29 is 42.3 Å². The molecule has 41 heavy (non-hydrogen) atoms. The molecule has 16 nitrogen and oxygen atoms in total. The maximum absolute atomic E-state index is 13.2. The minimum Gasteiger partial charge on any atom is -0.463 e. The van der Waals surface area contributed by atoms with Gasteiger partial charge in [0.15, 0.2) is 22.5 Å². The molecular formula is C23H35N6O10PS. The predicted octanol–water partition coefficient (Wildman–Crippen LogP) is 0.703. The van der Waals surface area contributed by atoms with Gasteiger partial charge in [0, 0.05) is 5.75 Å². The number of aromatic nitrogens is 4. The molecule has 6 atom stereocenters. The summed E-state index contributed by atoms with van der Waals surface area (Å²) in [6.07, 6.45) is -1.83. The number of fused-ring (bicyclic) bond motifs is 2. The van der Waals surface area contributed by atoms with Crippen LogP contribution in [-0.2, 0) is 37.2 Å². The van der Waals surface area contributed by atoms with Gasteiger partial charge in [-0.3, -0.25) is 37.5 Å². The number of hydrogen-bond acceptors (Lipinski definition) is 15. The Labute approximate surface area is 239 Å². The molecule has 0 aromatic carbocycles. The first-order chi connectivity index (χ1) is 19.1. The summed E-state index contributed by atoms with van der Waals surface area (Å²) in [7, 11) is -4.14. The molecule has 0 saturated carbocycles. The summed E-state index contributed by atoms with van der Waals surface area (Å²) in [6, 6.07) is -0.783. The van der Waals surface area contributed by atoms with Crippen LogP contribution in [0.1, 0.15) is 40.8 Å². The van der Waals surface area contributed by atoms with Crippen molar-refractivity contribution in [3.8, 4) is 0 Å². The van der Waals surface area contributed by atoms with Crippen molar-refractivity contribution in [3.63, 3.8) is 0 Å². The lowest BCUT2D eigenvalue weighted by Crippen LogP contribution is -2.47. The number of esters is 1. The van der Waals surface area contributed by atoms with Crippen LogP contribution in [0.4, 0.5) is 5.95 Å². The van der Waals surface area contributed by atoms with Gasteiger partial charge in [0.25, 0.3) is 5.56 Å². The number of carbonyl (C=O) groups excluding carboxylic acids is 2. The number of phosphoric ester groups is 1. The monoisotopic (exact) mass is 618 g/mol. The van der Waals surface area contributed by atoms with Crippen LogP contribution in [0.2, 0.25) is 0 Å². The van der Waals surface area contributed by atoms with Gasteiger partial charge in [-0.15, -0.1) is 0 Å². The summed E-state index contributed by atoms with van der Waals surface area (Å²) < 4.78 is 42.0. The second kappa shape index (κ2) is 11.7. The normalized spacial score (nSPS) is 29.0. The maximum atomic E-state index is 13.2. The van der Waals surface area contributed by atoms with Gasteiger partial charge in [0.05, 0.1) is 25.0 Å². The lowest BCUT2D eigenvalue weighted by molar-refractivity contribution is -0.150. The molecule has 0 amide bonds. The molecule has 2 saturated heterocycles. The zero-order valence-corrected chi connectivity index (χ0v) is 25.0. The highest BCUT2D eigenvalue weighted by atomic mass is 32.2. The van der Waals surface area contributed by atoms with Gasteiger partial charge in [-0.2, -0.15) is 4.98 Å². The molecule has 2 aromatic heterocycles. The van der Waals surface area contributed by atoms with Crippen molar-refractivity contribution in [2.24, 2.45) is 17.1 Å². The van der Waals surface area contributed by atoms with Gasteiger partial charge < -0.3 is 26.0 Å². The standard InChI is InChI=1S/C23H35N6O10PS/c1-11(2)13(24)18(31)35-9-22(3,4)20(32)41-7-6-36-40(34)37-8-12-15(39-40)23(5,33)19(38-12)29-10-26-14-16(29)27-21(25)28-17(14)30/h10-13,15,19,33H,6-9,24H2,1-5H3,(H3,25,27,28,30). The molecule has 6 N–H and O–H groups in total. The first-order valence-corrected chi connectivity index (χ1v) is 15.3. The Morgan fingerprint density at radius 1 is 1.41 bits per heavy atom. The highest BCUT2D eigenvalue weighted by Crippen LogP contribution is 2.58. The number of nitrogens with two attached hydrogens (primary N) is 2. The lowest BCUT2D eigenvalue weighted by Gasteiger charge is -2.35. The van der Waals surface area contributed by atoms with Gasteiger partial charge in [-0.05, 0) is 26.7 Å². The van der Waals surface area contributed by atoms with Gasteiger partial charge in [0.1, 0.15) is 30.5 Å². The summed E-state index contributed by atoms with van der Waals surface area (Å²) in [6.45, 7) is 7.72. The van der Waals surface area contributed by atoms with E-state index < -0.39 is 54.8 Å². The molecule has 2 aromatic rings. The van der Waals surface area contributed by atoms with Crippen LogP contribution in [0.15, 0.2) is 11.1 Å². The number of thioether (sulfide) groups is 1. The van der Waals surface area contributed by atoms with Gasteiger partial charge >= 0.3 is 13.8 Å². The first-order valence-electron chi connectivity index (χ1n) is 12.8. The molecular weight excluding hydrogens is 583 g/mol. The Kier molecular flexibility index (Phi) is 9.02. The van der Waals surface area contributed by atoms with Crippen LogP contribution in [0.3, 0.4) is 0 Å². The van der Waals surface area contributed by atoms with Crippen LogP contribution < -0.4 is 17.0 Å². The lowest BCUT2D eigenvalue weighted by atomic mass is 9.96. The van der Waals surface area contributed by atoms with Crippen LogP contribution >= 0.6 is 19.6 Å². The summed E-state index contributed by atoms with van der Waals surface area (Å²) in [5.74, 6) is -0.729. The van der Waals surface area contributed by atoms with Crippen molar-refractivity contribution in [2.45, 2.75) is 64.7 Å². The number of nitrogens with one attached hydrogen (secondary N) is 1. The van der Waals surface area contributed by atoms with E-state index in [1.54, 1.807) is 27.7 Å². The topological polar surface area (TPSA) is 233 Å². The molecule has 6 unspecified atom stereocenters. The molecule has 2 aliphatic rings. The van der Waals surface area contributed by atoms with Crippen molar-refractivity contribution in [3.05, 3.63) is 16.7 Å². The summed E-state index contributed by atoms with van der Waals surface area (Å²) in [5.41, 5.74) is 8.19. The number of hydrogen-bond donors (Lipinski definition) is 4. The van der Waals surface area contributed by atoms with Crippen molar-refractivity contribution in [2.75, 3.05) is 31.3 Å². The van der Waals surface area contributed by atoms with Gasteiger partial charge in [0.2, 0.25) is 5.95 Å². The van der Waals surface area contributed by atoms with E-state index in [0.717, 1.165) is 11.8 Å². The molecule has 0 aliphatic carbocycles. The van der Waals surface area contributed by atoms with Crippen LogP contribution in [-0.4, -0.2) is 85.1 Å². The van der Waals surface area contributed by atoms with Gasteiger partial charge in [-0.25, -0.2) is 9.55 Å². The number of aliphatic hydroxyl groups is 1. The van der Waals surface area contributed by atoms with Gasteiger partial charge in [-0.1, -0.05) is 25.6 Å². The molecule has 2 fully saturated rings. The molecule has 2 aliphatic heterocycles. The third-order valence-corrected chi connectivity index (χ3v) is 9.38. The Hall–Kier alpha value is -2.37. The Morgan fingerprint density at radius 2 is 2.12 bits per heavy atom. The van der Waals surface area contributed by atoms with E-state index in [2.05, 4.69) is 15.0 Å². The quantitative estimate of drug-likeness (QED) is 0.163. The van der Waals surface area contributed by atoms with E-state index in [4.69, 9.17) is 34.5 Å². The van der Waals surface area contributed by atoms with E-state index in [0.29, 0.717) is 0 Å². The molecule has 228 valence electrons. The number of rotatable bonds is 10. The Balaban J connectivity index is 1.32. The number of imidazole rings is 1. The van der Waals surface area contributed by atoms with E-state index in [9.17, 15) is 24.1 Å². The minimum absolute atomic E-state index is 0.00725. The van der Waals surface area contributed by atoms with Crippen molar-refractivity contribution in [1.29, 1.82) is 0 Å². The SMILES string of the molecule is CC(C)C(N)C(=O)OCC(C)(C)C(=O)SCCOP1(=O)OCC2OC(n3cnc4c(=O)[nH]c(N)nc43)C(C)(O)C2O1.